The van der Waals surface area contributed by atoms with Gasteiger partial charge < -0.3 is 9.47 Å². The van der Waals surface area contributed by atoms with Gasteiger partial charge >= 0.3 is 0 Å². The van der Waals surface area contributed by atoms with Gasteiger partial charge in [0, 0.05) is 17.9 Å². The fraction of sp³-hybridized carbons (Fsp3) is 0.500. The third kappa shape index (κ3) is 2.02. The van der Waals surface area contributed by atoms with E-state index in [1.807, 2.05) is 18.2 Å². The number of ketones is 1. The SMILES string of the molecule is CC1CC1C(=O)c1ccc2c(c1)OCCCO2. The normalized spacial score (nSPS) is 26.2. The molecule has 2 atom stereocenters. The third-order valence-electron chi connectivity index (χ3n) is 3.48. The largest absolute Gasteiger partial charge is 0.490 e. The molecule has 17 heavy (non-hydrogen) atoms. The van der Waals surface area contributed by atoms with Crippen molar-refractivity contribution in [2.45, 2.75) is 19.8 Å². The van der Waals surface area contributed by atoms with E-state index in [9.17, 15) is 4.79 Å². The first-order valence-electron chi connectivity index (χ1n) is 6.19. The summed E-state index contributed by atoms with van der Waals surface area (Å²) >= 11 is 0. The van der Waals surface area contributed by atoms with E-state index in [0.29, 0.717) is 24.9 Å². The van der Waals surface area contributed by atoms with Gasteiger partial charge in [0.1, 0.15) is 0 Å². The van der Waals surface area contributed by atoms with Crippen LogP contribution in [0.4, 0.5) is 0 Å². The molecule has 0 amide bonds. The lowest BCUT2D eigenvalue weighted by atomic mass is 10.1. The molecule has 0 saturated heterocycles. The number of ether oxygens (including phenoxy) is 2. The van der Waals surface area contributed by atoms with Crippen LogP contribution in [0.3, 0.4) is 0 Å². The second kappa shape index (κ2) is 4.06. The molecule has 2 unspecified atom stereocenters. The molecule has 1 aromatic rings. The zero-order valence-corrected chi connectivity index (χ0v) is 9.94. The number of Topliss-reactive ketones (excluding diaryl/α,β-unsaturated/α-hetero) is 1. The minimum absolute atomic E-state index is 0.222. The molecule has 1 saturated carbocycles. The summed E-state index contributed by atoms with van der Waals surface area (Å²) in [6.45, 7) is 3.45. The Morgan fingerprint density at radius 1 is 1.24 bits per heavy atom. The molecule has 1 heterocycles. The molecule has 3 heteroatoms. The van der Waals surface area contributed by atoms with E-state index in [2.05, 4.69) is 6.92 Å². The lowest BCUT2D eigenvalue weighted by molar-refractivity contribution is 0.0962. The summed E-state index contributed by atoms with van der Waals surface area (Å²) in [6, 6.07) is 5.52. The van der Waals surface area contributed by atoms with Crippen LogP contribution in [0.5, 0.6) is 11.5 Å². The highest BCUT2D eigenvalue weighted by Gasteiger charge is 2.39. The number of hydrogen-bond donors (Lipinski definition) is 0. The van der Waals surface area contributed by atoms with Crippen molar-refractivity contribution in [1.29, 1.82) is 0 Å². The Morgan fingerprint density at radius 3 is 2.65 bits per heavy atom. The number of hydrogen-bond acceptors (Lipinski definition) is 3. The van der Waals surface area contributed by atoms with E-state index in [1.165, 1.54) is 0 Å². The lowest BCUT2D eigenvalue weighted by Crippen LogP contribution is -2.03. The maximum atomic E-state index is 12.1. The summed E-state index contributed by atoms with van der Waals surface area (Å²) < 4.78 is 11.1. The standard InChI is InChI=1S/C14H16O3/c1-9-7-11(9)14(15)10-3-4-12-13(8-10)17-6-2-5-16-12/h3-4,8-9,11H,2,5-7H2,1H3. The minimum Gasteiger partial charge on any atom is -0.490 e. The second-order valence-electron chi connectivity index (χ2n) is 4.90. The fourth-order valence-corrected chi connectivity index (χ4v) is 2.22. The van der Waals surface area contributed by atoms with E-state index in [1.54, 1.807) is 0 Å². The summed E-state index contributed by atoms with van der Waals surface area (Å²) in [6.07, 6.45) is 1.91. The van der Waals surface area contributed by atoms with Crippen molar-refractivity contribution in [2.24, 2.45) is 11.8 Å². The average Bonchev–Trinajstić information content (AvgIpc) is 3.09. The lowest BCUT2D eigenvalue weighted by Gasteiger charge is -2.08. The van der Waals surface area contributed by atoms with E-state index in [4.69, 9.17) is 9.47 Å². The molecule has 90 valence electrons. The van der Waals surface area contributed by atoms with E-state index in [-0.39, 0.29) is 11.7 Å². The van der Waals surface area contributed by atoms with Crippen LogP contribution < -0.4 is 9.47 Å². The van der Waals surface area contributed by atoms with Crippen LogP contribution in [0.25, 0.3) is 0 Å². The van der Waals surface area contributed by atoms with Gasteiger partial charge in [0.25, 0.3) is 0 Å². The zero-order chi connectivity index (χ0) is 11.8. The predicted molar refractivity (Wildman–Crippen MR) is 63.7 cm³/mol. The molecule has 3 rings (SSSR count). The van der Waals surface area contributed by atoms with Gasteiger partial charge in [0.2, 0.25) is 0 Å². The molecule has 2 aliphatic rings. The fourth-order valence-electron chi connectivity index (χ4n) is 2.22. The van der Waals surface area contributed by atoms with Crippen molar-refractivity contribution < 1.29 is 14.3 Å². The van der Waals surface area contributed by atoms with Gasteiger partial charge in [0.05, 0.1) is 13.2 Å². The Labute approximate surface area is 101 Å². The van der Waals surface area contributed by atoms with Crippen LogP contribution in [0.2, 0.25) is 0 Å². The van der Waals surface area contributed by atoms with Crippen LogP contribution in [0.1, 0.15) is 30.1 Å². The summed E-state index contributed by atoms with van der Waals surface area (Å²) in [5, 5.41) is 0. The monoisotopic (exact) mass is 232 g/mol. The molecule has 0 spiro atoms. The molecule has 0 aromatic heterocycles. The first kappa shape index (κ1) is 10.6. The summed E-state index contributed by atoms with van der Waals surface area (Å²) in [5.41, 5.74) is 0.753. The van der Waals surface area contributed by atoms with Crippen molar-refractivity contribution in [3.05, 3.63) is 23.8 Å². The van der Waals surface area contributed by atoms with E-state index < -0.39 is 0 Å². The third-order valence-corrected chi connectivity index (χ3v) is 3.48. The van der Waals surface area contributed by atoms with Crippen LogP contribution in [0.15, 0.2) is 18.2 Å². The highest BCUT2D eigenvalue weighted by Crippen LogP contribution is 2.41. The Morgan fingerprint density at radius 2 is 1.94 bits per heavy atom. The van der Waals surface area contributed by atoms with Gasteiger partial charge in [-0.15, -0.1) is 0 Å². The molecule has 0 bridgehead atoms. The number of rotatable bonds is 2. The number of benzene rings is 1. The van der Waals surface area contributed by atoms with Crippen LogP contribution in [-0.2, 0) is 0 Å². The smallest absolute Gasteiger partial charge is 0.166 e. The summed E-state index contributed by atoms with van der Waals surface area (Å²) in [5.74, 6) is 2.47. The average molecular weight is 232 g/mol. The Kier molecular flexibility index (Phi) is 2.54. The first-order chi connectivity index (χ1) is 8.25. The number of fused-ring (bicyclic) bond motifs is 1. The highest BCUT2D eigenvalue weighted by atomic mass is 16.5. The van der Waals surface area contributed by atoms with E-state index in [0.717, 1.165) is 24.2 Å². The van der Waals surface area contributed by atoms with Gasteiger partial charge in [0.15, 0.2) is 17.3 Å². The van der Waals surface area contributed by atoms with Crippen molar-refractivity contribution in [3.63, 3.8) is 0 Å². The van der Waals surface area contributed by atoms with E-state index >= 15 is 0 Å². The second-order valence-corrected chi connectivity index (χ2v) is 4.90. The minimum atomic E-state index is 0.222. The molecular formula is C14H16O3. The molecule has 0 N–H and O–H groups in total. The van der Waals surface area contributed by atoms with Gasteiger partial charge in [-0.2, -0.15) is 0 Å². The van der Waals surface area contributed by atoms with Gasteiger partial charge in [-0.3, -0.25) is 4.79 Å². The molecule has 1 aliphatic carbocycles. The van der Waals surface area contributed by atoms with Gasteiger partial charge in [-0.25, -0.2) is 0 Å². The Bertz CT molecular complexity index is 453. The quantitative estimate of drug-likeness (QED) is 0.735. The topological polar surface area (TPSA) is 35.5 Å². The first-order valence-corrected chi connectivity index (χ1v) is 6.19. The number of carbonyl (C=O) groups is 1. The van der Waals surface area contributed by atoms with Crippen molar-refractivity contribution in [2.75, 3.05) is 13.2 Å². The van der Waals surface area contributed by atoms with Gasteiger partial charge in [-0.1, -0.05) is 6.92 Å². The van der Waals surface area contributed by atoms with Crippen LogP contribution >= 0.6 is 0 Å². The van der Waals surface area contributed by atoms with Crippen LogP contribution in [0, 0.1) is 11.8 Å². The summed E-state index contributed by atoms with van der Waals surface area (Å²) in [7, 11) is 0. The maximum Gasteiger partial charge on any atom is 0.166 e. The van der Waals surface area contributed by atoms with Crippen molar-refractivity contribution in [1.82, 2.24) is 0 Å². The van der Waals surface area contributed by atoms with Crippen molar-refractivity contribution in [3.8, 4) is 11.5 Å². The van der Waals surface area contributed by atoms with Gasteiger partial charge in [-0.05, 0) is 30.5 Å². The highest BCUT2D eigenvalue weighted by molar-refractivity contribution is 6.00. The molecule has 1 fully saturated rings. The van der Waals surface area contributed by atoms with Crippen molar-refractivity contribution >= 4 is 5.78 Å². The van der Waals surface area contributed by atoms with Crippen LogP contribution in [-0.4, -0.2) is 19.0 Å². The molecule has 0 radical (unpaired) electrons. The molecule has 1 aliphatic heterocycles. The number of carbonyl (C=O) groups excluding carboxylic acids is 1. The summed E-state index contributed by atoms with van der Waals surface area (Å²) in [4.78, 5) is 12.1. The molecule has 1 aromatic carbocycles. The zero-order valence-electron chi connectivity index (χ0n) is 9.94. The maximum absolute atomic E-state index is 12.1. The molecule has 3 nitrogen and oxygen atoms in total. The molecular weight excluding hydrogens is 216 g/mol. The Hall–Kier alpha value is -1.51. The predicted octanol–water partition coefficient (Wildman–Crippen LogP) is 2.69. The Balaban J connectivity index is 1.87.